The maximum Gasteiger partial charge on any atom is 0.408 e. The molecule has 0 saturated carbocycles. The van der Waals surface area contributed by atoms with E-state index in [0.717, 1.165) is 0 Å². The number of carbonyl (C=O) groups is 8. The van der Waals surface area contributed by atoms with E-state index in [2.05, 4.69) is 37.2 Å². The number of carboxylic acids is 1. The van der Waals surface area contributed by atoms with Gasteiger partial charge in [-0.25, -0.2) is 19.2 Å². The molecule has 0 aliphatic rings. The summed E-state index contributed by atoms with van der Waals surface area (Å²) in [5.74, 6) is -5.18. The normalized spacial score (nSPS) is 13.0. The second kappa shape index (κ2) is 26.5. The van der Waals surface area contributed by atoms with Gasteiger partial charge in [0.15, 0.2) is 0 Å². The van der Waals surface area contributed by atoms with Crippen molar-refractivity contribution in [3.63, 3.8) is 0 Å². The van der Waals surface area contributed by atoms with E-state index >= 15 is 0 Å². The van der Waals surface area contributed by atoms with Crippen molar-refractivity contribution in [1.29, 1.82) is 0 Å². The van der Waals surface area contributed by atoms with Crippen LogP contribution in [0.1, 0.15) is 75.3 Å². The molecule has 0 aliphatic heterocycles. The van der Waals surface area contributed by atoms with Gasteiger partial charge in [0, 0.05) is 25.7 Å². The number of ether oxygens (including phenoxy) is 4. The molecule has 4 unspecified atom stereocenters. The van der Waals surface area contributed by atoms with Crippen LogP contribution in [0.15, 0.2) is 115 Å². The Morgan fingerprint density at radius 2 is 0.942 bits per heavy atom. The van der Waals surface area contributed by atoms with Crippen LogP contribution >= 0.6 is 15.9 Å². The van der Waals surface area contributed by atoms with Crippen LogP contribution in [0.5, 0.6) is 0 Å². The SMILES string of the molecule is CC(C)(C)OC(=O)C(CC(=O)CBr)NC(=O)C(Cc1ccccc1)NC(=O)OCc1cccc(CC(C)(C)OC(=O)C(CC(=O)O)NC(=O)C(Cc2ccccc2)NC(=O)OCc2ccccc2)c1. The lowest BCUT2D eigenvalue weighted by molar-refractivity contribution is -0.162. The number of benzene rings is 4. The Labute approximate surface area is 409 Å². The van der Waals surface area contributed by atoms with E-state index < -0.39 is 83.7 Å². The van der Waals surface area contributed by atoms with E-state index in [1.807, 2.05) is 6.07 Å². The fourth-order valence-electron chi connectivity index (χ4n) is 6.82. The Morgan fingerprint density at radius 1 is 0.522 bits per heavy atom. The number of carboxylic acid groups (broad SMARTS) is 1. The third kappa shape index (κ3) is 20.4. The first-order valence-electron chi connectivity index (χ1n) is 22.1. The Bertz CT molecular complexity index is 2380. The molecule has 4 amide bonds. The number of rotatable bonds is 24. The molecular weight excluding hydrogens is 956 g/mol. The first-order valence-corrected chi connectivity index (χ1v) is 23.2. The zero-order chi connectivity index (χ0) is 50.6. The maximum absolute atomic E-state index is 13.7. The van der Waals surface area contributed by atoms with Crippen molar-refractivity contribution >= 4 is 63.6 Å². The molecule has 4 aromatic carbocycles. The fraction of sp³-hybridized carbons (Fsp3) is 0.373. The number of hydrogen-bond donors (Lipinski definition) is 5. The summed E-state index contributed by atoms with van der Waals surface area (Å²) in [7, 11) is 0. The van der Waals surface area contributed by atoms with Crippen molar-refractivity contribution < 1.29 is 62.4 Å². The van der Waals surface area contributed by atoms with Crippen LogP contribution in [0.4, 0.5) is 9.59 Å². The number of amides is 4. The minimum absolute atomic E-state index is 0.00395. The number of aliphatic carboxylic acids is 1. The van der Waals surface area contributed by atoms with Crippen LogP contribution in [-0.2, 0) is 80.2 Å². The lowest BCUT2D eigenvalue weighted by Gasteiger charge is -2.29. The fourth-order valence-corrected chi connectivity index (χ4v) is 7.05. The molecule has 5 N–H and O–H groups in total. The van der Waals surface area contributed by atoms with Gasteiger partial charge in [-0.2, -0.15) is 0 Å². The molecule has 18 heteroatoms. The number of esters is 2. The molecule has 0 spiro atoms. The van der Waals surface area contributed by atoms with Crippen molar-refractivity contribution in [1.82, 2.24) is 21.3 Å². The van der Waals surface area contributed by atoms with Gasteiger partial charge in [-0.15, -0.1) is 0 Å². The van der Waals surface area contributed by atoms with Crippen LogP contribution in [0, 0.1) is 0 Å². The van der Waals surface area contributed by atoms with Crippen LogP contribution < -0.4 is 21.3 Å². The number of alkyl carbamates (subject to hydrolysis) is 2. The minimum atomic E-state index is -1.64. The highest BCUT2D eigenvalue weighted by molar-refractivity contribution is 9.09. The highest BCUT2D eigenvalue weighted by atomic mass is 79.9. The monoisotopic (exact) mass is 1010 g/mol. The van der Waals surface area contributed by atoms with E-state index in [9.17, 15) is 43.5 Å². The maximum atomic E-state index is 13.7. The zero-order valence-electron chi connectivity index (χ0n) is 39.2. The summed E-state index contributed by atoms with van der Waals surface area (Å²) in [5.41, 5.74) is 1.09. The third-order valence-corrected chi connectivity index (χ3v) is 10.6. The summed E-state index contributed by atoms with van der Waals surface area (Å²) >= 11 is 3.08. The quantitative estimate of drug-likeness (QED) is 0.0305. The average Bonchev–Trinajstić information content (AvgIpc) is 3.29. The number of hydrogen-bond acceptors (Lipinski definition) is 12. The molecule has 4 rings (SSSR count). The topological polar surface area (TPSA) is 242 Å². The summed E-state index contributed by atoms with van der Waals surface area (Å²) in [5, 5.41) is 19.8. The van der Waals surface area contributed by atoms with Crippen molar-refractivity contribution in [3.8, 4) is 0 Å². The van der Waals surface area contributed by atoms with Gasteiger partial charge >= 0.3 is 30.1 Å². The first-order chi connectivity index (χ1) is 32.7. The van der Waals surface area contributed by atoms with Crippen LogP contribution in [0.3, 0.4) is 0 Å². The molecule has 17 nitrogen and oxygen atoms in total. The van der Waals surface area contributed by atoms with Gasteiger partial charge in [-0.3, -0.25) is 19.2 Å². The third-order valence-electron chi connectivity index (χ3n) is 9.93. The van der Waals surface area contributed by atoms with Crippen molar-refractivity contribution in [2.24, 2.45) is 0 Å². The Balaban J connectivity index is 1.40. The summed E-state index contributed by atoms with van der Waals surface area (Å²) in [6.45, 7) is 7.85. The molecule has 0 saturated heterocycles. The van der Waals surface area contributed by atoms with E-state index in [1.54, 1.807) is 144 Å². The largest absolute Gasteiger partial charge is 0.481 e. The molecule has 4 atom stereocenters. The average molecular weight is 1020 g/mol. The van der Waals surface area contributed by atoms with Crippen LogP contribution in [0.2, 0.25) is 0 Å². The Kier molecular flexibility index (Phi) is 20.9. The van der Waals surface area contributed by atoms with Gasteiger partial charge in [-0.05, 0) is 62.4 Å². The van der Waals surface area contributed by atoms with Crippen LogP contribution in [-0.4, -0.2) is 93.5 Å². The molecule has 0 radical (unpaired) electrons. The van der Waals surface area contributed by atoms with Crippen molar-refractivity contribution in [2.45, 2.75) is 115 Å². The number of carbonyl (C=O) groups excluding carboxylic acids is 7. The number of halogens is 1. The molecule has 0 bridgehead atoms. The number of ketones is 1. The highest BCUT2D eigenvalue weighted by Crippen LogP contribution is 2.21. The molecule has 4 aromatic rings. The highest BCUT2D eigenvalue weighted by Gasteiger charge is 2.35. The van der Waals surface area contributed by atoms with Crippen molar-refractivity contribution in [3.05, 3.63) is 143 Å². The second-order valence-electron chi connectivity index (χ2n) is 17.7. The van der Waals surface area contributed by atoms with Gasteiger partial charge < -0.3 is 45.3 Å². The Morgan fingerprint density at radius 3 is 1.41 bits per heavy atom. The van der Waals surface area contributed by atoms with Gasteiger partial charge in [0.2, 0.25) is 11.8 Å². The molecule has 0 aliphatic carbocycles. The molecule has 0 heterocycles. The summed E-state index contributed by atoms with van der Waals surface area (Å²) in [6.07, 6.45) is -2.89. The van der Waals surface area contributed by atoms with E-state index in [0.29, 0.717) is 27.8 Å². The Hall–Kier alpha value is -7.08. The number of nitrogens with one attached hydrogen (secondary N) is 4. The zero-order valence-corrected chi connectivity index (χ0v) is 40.7. The molecule has 0 fully saturated rings. The first kappa shape index (κ1) is 54.5. The molecule has 368 valence electrons. The molecular formula is C51H59BrN4O13. The predicted molar refractivity (Wildman–Crippen MR) is 257 cm³/mol. The lowest BCUT2D eigenvalue weighted by Crippen LogP contribution is -2.54. The van der Waals surface area contributed by atoms with E-state index in [1.165, 1.54) is 0 Å². The standard InChI is InChI=1S/C51H59BrN4O13/c1-50(2,3)68-46(62)41(27-38(57)30-52)53-44(60)39(25-33-16-9-6-10-17-33)56-49(65)67-32-37-23-15-22-36(24-37)29-51(4,5)69-47(63)42(28-43(58)59)54-45(61)40(26-34-18-11-7-12-19-34)55-48(64)66-31-35-20-13-8-14-21-35/h6-24,39-42H,25-32H2,1-5H3,(H,53,60)(H,54,61)(H,55,64)(H,56,65)(H,58,59). The second-order valence-corrected chi connectivity index (χ2v) is 18.3. The van der Waals surface area contributed by atoms with Gasteiger partial charge in [0.05, 0.1) is 11.8 Å². The minimum Gasteiger partial charge on any atom is -0.481 e. The molecule has 0 aromatic heterocycles. The number of Topliss-reactive ketones (excluding diaryl/α,β-unsaturated/α-hetero) is 1. The lowest BCUT2D eigenvalue weighted by atomic mass is 9.97. The van der Waals surface area contributed by atoms with Crippen molar-refractivity contribution in [2.75, 3.05) is 5.33 Å². The summed E-state index contributed by atoms with van der Waals surface area (Å²) < 4.78 is 22.1. The summed E-state index contributed by atoms with van der Waals surface area (Å²) in [4.78, 5) is 105. The smallest absolute Gasteiger partial charge is 0.408 e. The van der Waals surface area contributed by atoms with E-state index in [4.69, 9.17) is 18.9 Å². The van der Waals surface area contributed by atoms with Crippen LogP contribution in [0.25, 0.3) is 0 Å². The van der Waals surface area contributed by atoms with E-state index in [-0.39, 0.29) is 50.0 Å². The summed E-state index contributed by atoms with van der Waals surface area (Å²) in [6, 6.07) is 27.9. The van der Waals surface area contributed by atoms with Gasteiger partial charge in [0.1, 0.15) is 54.4 Å². The number of alkyl halides is 1. The van der Waals surface area contributed by atoms with Gasteiger partial charge in [-0.1, -0.05) is 131 Å². The molecule has 69 heavy (non-hydrogen) atoms. The van der Waals surface area contributed by atoms with Gasteiger partial charge in [0.25, 0.3) is 0 Å². The predicted octanol–water partition coefficient (Wildman–Crippen LogP) is 6.07.